The van der Waals surface area contributed by atoms with Crippen molar-refractivity contribution in [2.24, 2.45) is 0 Å². The topological polar surface area (TPSA) is 46.8 Å². The number of aromatic nitrogens is 2. The Labute approximate surface area is 234 Å². The molecule has 9 aromatic rings. The zero-order valence-corrected chi connectivity index (χ0v) is 21.9. The molecule has 0 aliphatic heterocycles. The predicted molar refractivity (Wildman–Crippen MR) is 167 cm³/mol. The summed E-state index contributed by atoms with van der Waals surface area (Å²) in [6.07, 6.45) is 0. The highest BCUT2D eigenvalue weighted by Crippen LogP contribution is 2.38. The minimum Gasteiger partial charge on any atom is -0.456 e. The zero-order chi connectivity index (χ0) is 27.1. The van der Waals surface area contributed by atoms with Gasteiger partial charge in [-0.15, -0.1) is 0 Å². The van der Waals surface area contributed by atoms with Gasteiger partial charge in [-0.05, 0) is 66.7 Å². The van der Waals surface area contributed by atoms with Gasteiger partial charge in [-0.3, -0.25) is 0 Å². The smallest absolute Gasteiger partial charge is 0.135 e. The van der Waals surface area contributed by atoms with Crippen molar-refractivity contribution in [1.82, 2.24) is 9.13 Å². The maximum atomic E-state index is 9.89. The Morgan fingerprint density at radius 2 is 1.05 bits per heavy atom. The highest BCUT2D eigenvalue weighted by molar-refractivity contribution is 6.14. The van der Waals surface area contributed by atoms with Gasteiger partial charge in [0.25, 0.3) is 0 Å². The molecule has 0 saturated carbocycles. The van der Waals surface area contributed by atoms with E-state index in [4.69, 9.17) is 4.42 Å². The van der Waals surface area contributed by atoms with E-state index in [9.17, 15) is 5.26 Å². The molecule has 6 aromatic carbocycles. The van der Waals surface area contributed by atoms with E-state index >= 15 is 0 Å². The van der Waals surface area contributed by atoms with Crippen molar-refractivity contribution in [3.8, 4) is 17.4 Å². The first-order valence-electron chi connectivity index (χ1n) is 13.7. The molecule has 4 nitrogen and oxygen atoms in total. The molecule has 0 aliphatic rings. The third-order valence-corrected chi connectivity index (χ3v) is 8.35. The quantitative estimate of drug-likeness (QED) is 0.226. The molecule has 0 spiro atoms. The first-order valence-corrected chi connectivity index (χ1v) is 13.7. The second-order valence-corrected chi connectivity index (χ2v) is 10.5. The number of hydrogen-bond acceptors (Lipinski definition) is 2. The average molecular weight is 524 g/mol. The van der Waals surface area contributed by atoms with Crippen molar-refractivity contribution in [3.05, 3.63) is 133 Å². The normalized spacial score (nSPS) is 11.9. The summed E-state index contributed by atoms with van der Waals surface area (Å²) in [6.45, 7) is 0. The lowest BCUT2D eigenvalue weighted by Crippen LogP contribution is -1.96. The first-order chi connectivity index (χ1) is 20.3. The molecule has 0 saturated heterocycles. The molecule has 9 rings (SSSR count). The van der Waals surface area contributed by atoms with Crippen LogP contribution in [0.2, 0.25) is 0 Å². The van der Waals surface area contributed by atoms with E-state index in [-0.39, 0.29) is 0 Å². The molecule has 0 unspecified atom stereocenters. The first kappa shape index (κ1) is 22.1. The molecule has 190 valence electrons. The lowest BCUT2D eigenvalue weighted by Gasteiger charge is -2.10. The van der Waals surface area contributed by atoms with Crippen LogP contribution in [0, 0.1) is 11.3 Å². The third kappa shape index (κ3) is 2.98. The largest absolute Gasteiger partial charge is 0.456 e. The SMILES string of the molecule is N#Cc1cccc2c1c1ccccc1n2-c1ccc2c(c1)c1ccccc1n2-c1ccc2oc3ccccc3c2c1. The maximum absolute atomic E-state index is 9.89. The Kier molecular flexibility index (Phi) is 4.37. The van der Waals surface area contributed by atoms with E-state index in [0.717, 1.165) is 66.2 Å². The molecule has 0 radical (unpaired) electrons. The second-order valence-electron chi connectivity index (χ2n) is 10.5. The summed E-state index contributed by atoms with van der Waals surface area (Å²) >= 11 is 0. The van der Waals surface area contributed by atoms with Gasteiger partial charge in [0, 0.05) is 43.7 Å². The van der Waals surface area contributed by atoms with Crippen LogP contribution >= 0.6 is 0 Å². The molecule has 3 heterocycles. The molecular weight excluding hydrogens is 502 g/mol. The summed E-state index contributed by atoms with van der Waals surface area (Å²) in [7, 11) is 0. The minimum absolute atomic E-state index is 0.692. The predicted octanol–water partition coefficient (Wildman–Crippen LogP) is 9.65. The molecule has 0 bridgehead atoms. The number of furan rings is 1. The van der Waals surface area contributed by atoms with E-state index in [0.29, 0.717) is 5.56 Å². The summed E-state index contributed by atoms with van der Waals surface area (Å²) in [6, 6.07) is 46.6. The van der Waals surface area contributed by atoms with Crippen molar-refractivity contribution in [1.29, 1.82) is 5.26 Å². The molecule has 4 heteroatoms. The Morgan fingerprint density at radius 1 is 0.463 bits per heavy atom. The van der Waals surface area contributed by atoms with Crippen LogP contribution in [-0.4, -0.2) is 9.13 Å². The molecule has 0 N–H and O–H groups in total. The van der Waals surface area contributed by atoms with Gasteiger partial charge in [0.05, 0.1) is 33.7 Å². The van der Waals surface area contributed by atoms with Crippen molar-refractivity contribution in [2.75, 3.05) is 0 Å². The van der Waals surface area contributed by atoms with Gasteiger partial charge in [0.15, 0.2) is 0 Å². The van der Waals surface area contributed by atoms with Crippen molar-refractivity contribution < 1.29 is 4.42 Å². The van der Waals surface area contributed by atoms with Crippen LogP contribution in [0.3, 0.4) is 0 Å². The molecule has 0 amide bonds. The molecule has 41 heavy (non-hydrogen) atoms. The molecule has 0 fully saturated rings. The monoisotopic (exact) mass is 523 g/mol. The number of nitriles is 1. The van der Waals surface area contributed by atoms with Crippen LogP contribution in [0.4, 0.5) is 0 Å². The van der Waals surface area contributed by atoms with Crippen molar-refractivity contribution in [2.45, 2.75) is 0 Å². The number of nitrogens with zero attached hydrogens (tertiary/aromatic N) is 3. The highest BCUT2D eigenvalue weighted by Gasteiger charge is 2.18. The average Bonchev–Trinajstić information content (AvgIpc) is 3.68. The van der Waals surface area contributed by atoms with Crippen LogP contribution < -0.4 is 0 Å². The third-order valence-electron chi connectivity index (χ3n) is 8.35. The van der Waals surface area contributed by atoms with Crippen molar-refractivity contribution >= 4 is 65.6 Å². The molecule has 3 aromatic heterocycles. The molecular formula is C37H21N3O. The fraction of sp³-hybridized carbons (Fsp3) is 0. The zero-order valence-electron chi connectivity index (χ0n) is 21.9. The van der Waals surface area contributed by atoms with Crippen LogP contribution in [-0.2, 0) is 0 Å². The van der Waals surface area contributed by atoms with E-state index in [1.54, 1.807) is 0 Å². The van der Waals surface area contributed by atoms with Gasteiger partial charge in [-0.2, -0.15) is 5.26 Å². The van der Waals surface area contributed by atoms with Gasteiger partial charge in [-0.1, -0.05) is 60.7 Å². The second kappa shape index (κ2) is 8.11. The van der Waals surface area contributed by atoms with E-state index < -0.39 is 0 Å². The van der Waals surface area contributed by atoms with Crippen LogP contribution in [0.5, 0.6) is 0 Å². The Hall–Kier alpha value is -5.79. The fourth-order valence-corrected chi connectivity index (χ4v) is 6.62. The van der Waals surface area contributed by atoms with Crippen LogP contribution in [0.15, 0.2) is 132 Å². The van der Waals surface area contributed by atoms with Gasteiger partial charge in [0.1, 0.15) is 11.2 Å². The standard InChI is InChI=1S/C37H21N3O/c38-22-23-8-7-14-34-37(23)28-11-2-5-13-32(28)40(34)24-16-18-33-29(20-24)26-9-1-4-12-31(26)39(33)25-17-19-36-30(21-25)27-10-3-6-15-35(27)41-36/h1-21H. The van der Waals surface area contributed by atoms with Crippen molar-refractivity contribution in [3.63, 3.8) is 0 Å². The number of para-hydroxylation sites is 3. The van der Waals surface area contributed by atoms with Gasteiger partial charge >= 0.3 is 0 Å². The Bertz CT molecular complexity index is 2550. The highest BCUT2D eigenvalue weighted by atomic mass is 16.3. The maximum Gasteiger partial charge on any atom is 0.135 e. The van der Waals surface area contributed by atoms with E-state index in [2.05, 4.69) is 112 Å². The number of rotatable bonds is 2. The van der Waals surface area contributed by atoms with Crippen LogP contribution in [0.25, 0.3) is 76.9 Å². The summed E-state index contributed by atoms with van der Waals surface area (Å²) in [5, 5.41) is 16.6. The summed E-state index contributed by atoms with van der Waals surface area (Å²) < 4.78 is 10.7. The number of hydrogen-bond donors (Lipinski definition) is 0. The summed E-state index contributed by atoms with van der Waals surface area (Å²) in [4.78, 5) is 0. The van der Waals surface area contributed by atoms with E-state index in [1.807, 2.05) is 30.3 Å². The lowest BCUT2D eigenvalue weighted by molar-refractivity contribution is 0.669. The number of fused-ring (bicyclic) bond motifs is 9. The Morgan fingerprint density at radius 3 is 1.88 bits per heavy atom. The van der Waals surface area contributed by atoms with Gasteiger partial charge < -0.3 is 13.6 Å². The van der Waals surface area contributed by atoms with Gasteiger partial charge in [0.2, 0.25) is 0 Å². The minimum atomic E-state index is 0.692. The number of benzene rings is 6. The van der Waals surface area contributed by atoms with Crippen LogP contribution in [0.1, 0.15) is 5.56 Å². The summed E-state index contributed by atoms with van der Waals surface area (Å²) in [5.74, 6) is 0. The summed E-state index contributed by atoms with van der Waals surface area (Å²) in [5.41, 5.74) is 9.06. The van der Waals surface area contributed by atoms with Gasteiger partial charge in [-0.25, -0.2) is 0 Å². The Balaban J connectivity index is 1.34. The fourth-order valence-electron chi connectivity index (χ4n) is 6.62. The lowest BCUT2D eigenvalue weighted by atomic mass is 10.1. The molecule has 0 atom stereocenters. The van der Waals surface area contributed by atoms with E-state index in [1.165, 1.54) is 10.8 Å². The molecule has 0 aliphatic carbocycles.